The second-order valence-electron chi connectivity index (χ2n) is 4.72. The summed E-state index contributed by atoms with van der Waals surface area (Å²) < 4.78 is 0. The summed E-state index contributed by atoms with van der Waals surface area (Å²) in [5, 5.41) is 13.2. The minimum absolute atomic E-state index is 0.414. The van der Waals surface area contributed by atoms with Crippen molar-refractivity contribution in [1.29, 1.82) is 0 Å². The molecule has 0 amide bonds. The first-order valence-electron chi connectivity index (χ1n) is 5.89. The smallest absolute Gasteiger partial charge is 0.120 e. The first kappa shape index (κ1) is 11.4. The molecule has 1 fully saturated rings. The second kappa shape index (κ2) is 4.85. The fourth-order valence-corrected chi connectivity index (χ4v) is 2.24. The number of hydrogen-bond donors (Lipinski definition) is 2. The molecule has 0 unspecified atom stereocenters. The molecule has 1 heterocycles. The number of piperazine rings is 1. The molecule has 16 heavy (non-hydrogen) atoms. The summed E-state index contributed by atoms with van der Waals surface area (Å²) in [6, 6.07) is 6.35. The molecule has 0 spiro atoms. The molecule has 1 aliphatic heterocycles. The molecule has 2 rings (SSSR count). The molecule has 0 aliphatic carbocycles. The van der Waals surface area contributed by atoms with Crippen LogP contribution in [0.15, 0.2) is 18.2 Å². The van der Waals surface area contributed by atoms with Gasteiger partial charge in [0.25, 0.3) is 0 Å². The predicted molar refractivity (Wildman–Crippen MR) is 65.6 cm³/mol. The van der Waals surface area contributed by atoms with Gasteiger partial charge in [-0.15, -0.1) is 0 Å². The number of benzene rings is 1. The molecule has 1 saturated heterocycles. The van der Waals surface area contributed by atoms with Crippen LogP contribution in [0.4, 0.5) is 0 Å². The Hall–Kier alpha value is -1.06. The highest BCUT2D eigenvalue weighted by Crippen LogP contribution is 2.20. The topological polar surface area (TPSA) is 35.5 Å². The lowest BCUT2D eigenvalue weighted by Gasteiger charge is -2.32. The van der Waals surface area contributed by atoms with Crippen LogP contribution in [-0.2, 0) is 6.54 Å². The van der Waals surface area contributed by atoms with E-state index in [1.54, 1.807) is 6.07 Å². The molecular weight excluding hydrogens is 200 g/mol. The molecule has 88 valence electrons. The third-order valence-electron chi connectivity index (χ3n) is 3.08. The number of phenols is 1. The second-order valence-corrected chi connectivity index (χ2v) is 4.72. The van der Waals surface area contributed by atoms with Crippen LogP contribution in [0.2, 0.25) is 0 Å². The number of rotatable bonds is 2. The normalized spacial score (nSPS) is 22.2. The van der Waals surface area contributed by atoms with Gasteiger partial charge in [-0.3, -0.25) is 4.90 Å². The number of nitrogens with zero attached hydrogens (tertiary/aromatic N) is 1. The average Bonchev–Trinajstić information content (AvgIpc) is 2.24. The number of nitrogens with one attached hydrogen (secondary N) is 1. The van der Waals surface area contributed by atoms with Gasteiger partial charge in [-0.2, -0.15) is 0 Å². The van der Waals surface area contributed by atoms with Gasteiger partial charge in [0.2, 0.25) is 0 Å². The van der Waals surface area contributed by atoms with Crippen molar-refractivity contribution in [2.75, 3.05) is 19.6 Å². The zero-order chi connectivity index (χ0) is 11.5. The van der Waals surface area contributed by atoms with Crippen LogP contribution >= 0.6 is 0 Å². The maximum Gasteiger partial charge on any atom is 0.120 e. The van der Waals surface area contributed by atoms with Crippen molar-refractivity contribution in [3.05, 3.63) is 29.3 Å². The van der Waals surface area contributed by atoms with E-state index in [0.717, 1.165) is 31.7 Å². The summed E-state index contributed by atoms with van der Waals surface area (Å²) in [6.45, 7) is 8.24. The lowest BCUT2D eigenvalue weighted by atomic mass is 10.1. The first-order valence-corrected chi connectivity index (χ1v) is 5.89. The van der Waals surface area contributed by atoms with Gasteiger partial charge in [-0.25, -0.2) is 0 Å². The molecule has 3 nitrogen and oxygen atoms in total. The lowest BCUT2D eigenvalue weighted by Crippen LogP contribution is -2.48. The van der Waals surface area contributed by atoms with E-state index in [1.165, 1.54) is 5.56 Å². The Balaban J connectivity index is 2.05. The molecule has 1 aromatic carbocycles. The lowest BCUT2D eigenvalue weighted by molar-refractivity contribution is 0.198. The Morgan fingerprint density at radius 2 is 2.31 bits per heavy atom. The Kier molecular flexibility index (Phi) is 3.46. The Morgan fingerprint density at radius 1 is 1.50 bits per heavy atom. The van der Waals surface area contributed by atoms with E-state index in [-0.39, 0.29) is 0 Å². The third-order valence-corrected chi connectivity index (χ3v) is 3.08. The van der Waals surface area contributed by atoms with Gasteiger partial charge in [-0.1, -0.05) is 17.7 Å². The van der Waals surface area contributed by atoms with Crippen LogP contribution in [0.5, 0.6) is 5.75 Å². The molecule has 0 bridgehead atoms. The highest BCUT2D eigenvalue weighted by atomic mass is 16.3. The van der Waals surface area contributed by atoms with Crippen molar-refractivity contribution >= 4 is 0 Å². The molecule has 0 saturated carbocycles. The summed E-state index contributed by atoms with van der Waals surface area (Å²) >= 11 is 0. The molecule has 1 atom stereocenters. The fraction of sp³-hybridized carbons (Fsp3) is 0.538. The van der Waals surface area contributed by atoms with E-state index in [0.29, 0.717) is 11.8 Å². The highest BCUT2D eigenvalue weighted by Gasteiger charge is 2.16. The van der Waals surface area contributed by atoms with Gasteiger partial charge in [-0.05, 0) is 19.9 Å². The maximum absolute atomic E-state index is 9.79. The standard InChI is InChI=1S/C13H20N2O/c1-10-3-4-13(16)12(7-10)9-15-6-5-14-11(2)8-15/h3-4,7,11,14,16H,5-6,8-9H2,1-2H3/t11-/m0/s1. The molecule has 1 aromatic rings. The fourth-order valence-electron chi connectivity index (χ4n) is 2.24. The Bertz CT molecular complexity index is 365. The number of aromatic hydroxyl groups is 1. The van der Waals surface area contributed by atoms with E-state index in [2.05, 4.69) is 30.1 Å². The number of hydrogen-bond acceptors (Lipinski definition) is 3. The summed E-state index contributed by atoms with van der Waals surface area (Å²) in [4.78, 5) is 2.38. The molecule has 0 radical (unpaired) electrons. The van der Waals surface area contributed by atoms with Crippen LogP contribution < -0.4 is 5.32 Å². The molecule has 0 aromatic heterocycles. The minimum Gasteiger partial charge on any atom is -0.508 e. The van der Waals surface area contributed by atoms with E-state index >= 15 is 0 Å². The Labute approximate surface area is 97.1 Å². The monoisotopic (exact) mass is 220 g/mol. The largest absolute Gasteiger partial charge is 0.508 e. The van der Waals surface area contributed by atoms with Crippen LogP contribution in [0.25, 0.3) is 0 Å². The van der Waals surface area contributed by atoms with Crippen molar-refractivity contribution in [2.24, 2.45) is 0 Å². The SMILES string of the molecule is Cc1ccc(O)c(CN2CCN[C@@H](C)C2)c1. The van der Waals surface area contributed by atoms with Gasteiger partial charge in [0.05, 0.1) is 0 Å². The Morgan fingerprint density at radius 3 is 3.06 bits per heavy atom. The van der Waals surface area contributed by atoms with Crippen LogP contribution in [0.3, 0.4) is 0 Å². The van der Waals surface area contributed by atoms with Crippen molar-refractivity contribution in [3.63, 3.8) is 0 Å². The molecular formula is C13H20N2O. The van der Waals surface area contributed by atoms with Crippen molar-refractivity contribution < 1.29 is 5.11 Å². The van der Waals surface area contributed by atoms with Crippen LogP contribution in [0, 0.1) is 6.92 Å². The van der Waals surface area contributed by atoms with Crippen LogP contribution in [-0.4, -0.2) is 35.7 Å². The number of aryl methyl sites for hydroxylation is 1. The van der Waals surface area contributed by atoms with Crippen LogP contribution in [0.1, 0.15) is 18.1 Å². The zero-order valence-electron chi connectivity index (χ0n) is 10.0. The summed E-state index contributed by atoms with van der Waals surface area (Å²) in [7, 11) is 0. The van der Waals surface area contributed by atoms with Gasteiger partial charge >= 0.3 is 0 Å². The van der Waals surface area contributed by atoms with Crippen molar-refractivity contribution in [3.8, 4) is 5.75 Å². The summed E-state index contributed by atoms with van der Waals surface area (Å²) in [5.74, 6) is 0.414. The van der Waals surface area contributed by atoms with E-state index in [9.17, 15) is 5.11 Å². The highest BCUT2D eigenvalue weighted by molar-refractivity contribution is 5.35. The van der Waals surface area contributed by atoms with E-state index in [1.807, 2.05) is 6.07 Å². The van der Waals surface area contributed by atoms with Gasteiger partial charge in [0, 0.05) is 37.8 Å². The third kappa shape index (κ3) is 2.74. The van der Waals surface area contributed by atoms with E-state index < -0.39 is 0 Å². The quantitative estimate of drug-likeness (QED) is 0.792. The molecule has 2 N–H and O–H groups in total. The van der Waals surface area contributed by atoms with E-state index in [4.69, 9.17) is 0 Å². The predicted octanol–water partition coefficient (Wildman–Crippen LogP) is 1.49. The zero-order valence-corrected chi connectivity index (χ0v) is 10.0. The molecule has 3 heteroatoms. The maximum atomic E-state index is 9.79. The van der Waals surface area contributed by atoms with Gasteiger partial charge in [0.15, 0.2) is 0 Å². The van der Waals surface area contributed by atoms with Crippen molar-refractivity contribution in [1.82, 2.24) is 10.2 Å². The van der Waals surface area contributed by atoms with Gasteiger partial charge < -0.3 is 10.4 Å². The summed E-state index contributed by atoms with van der Waals surface area (Å²) in [5.41, 5.74) is 2.24. The molecule has 1 aliphatic rings. The first-order chi connectivity index (χ1) is 7.65. The average molecular weight is 220 g/mol. The number of phenolic OH excluding ortho intramolecular Hbond substituents is 1. The van der Waals surface area contributed by atoms with Crippen molar-refractivity contribution in [2.45, 2.75) is 26.4 Å². The summed E-state index contributed by atoms with van der Waals surface area (Å²) in [6.07, 6.45) is 0. The minimum atomic E-state index is 0.414. The van der Waals surface area contributed by atoms with Gasteiger partial charge in [0.1, 0.15) is 5.75 Å².